The molecule has 0 bridgehead atoms. The first kappa shape index (κ1) is 20.8. The minimum absolute atomic E-state index is 0.301. The first-order valence-corrected chi connectivity index (χ1v) is 8.59. The average molecular weight is 385 g/mol. The van der Waals surface area contributed by atoms with Gasteiger partial charge in [0, 0.05) is 5.56 Å². The Morgan fingerprint density at radius 3 is 2.29 bits per heavy atom. The number of esters is 1. The van der Waals surface area contributed by atoms with Crippen molar-refractivity contribution in [3.63, 3.8) is 0 Å². The van der Waals surface area contributed by atoms with Gasteiger partial charge < -0.3 is 19.9 Å². The summed E-state index contributed by atoms with van der Waals surface area (Å²) in [5.41, 5.74) is 10.1. The second-order valence-electron chi connectivity index (χ2n) is 5.73. The van der Waals surface area contributed by atoms with Crippen molar-refractivity contribution in [3.8, 4) is 11.5 Å². The summed E-state index contributed by atoms with van der Waals surface area (Å²) in [7, 11) is 2.88. The van der Waals surface area contributed by atoms with Gasteiger partial charge in [0.2, 0.25) is 0 Å². The summed E-state index contributed by atoms with van der Waals surface area (Å²) in [6.07, 6.45) is 0.593. The maximum Gasteiger partial charge on any atom is 0.337 e. The Kier molecular flexibility index (Phi) is 7.38. The van der Waals surface area contributed by atoms with E-state index in [9.17, 15) is 9.59 Å². The van der Waals surface area contributed by atoms with Crippen LogP contribution in [-0.2, 0) is 11.3 Å². The molecule has 2 aromatic rings. The van der Waals surface area contributed by atoms with Gasteiger partial charge in [-0.2, -0.15) is 5.10 Å². The SMILES string of the molecule is CC/C(=N\NC(N)=O)c1ccc(OCc2ccc(C(=O)OC)cc2)c(OC)c1. The summed E-state index contributed by atoms with van der Waals surface area (Å²) in [5.74, 6) is 0.703. The predicted molar refractivity (Wildman–Crippen MR) is 105 cm³/mol. The molecule has 0 fully saturated rings. The zero-order valence-corrected chi connectivity index (χ0v) is 16.0. The molecule has 3 N–H and O–H groups in total. The van der Waals surface area contributed by atoms with Crippen molar-refractivity contribution in [2.75, 3.05) is 14.2 Å². The van der Waals surface area contributed by atoms with Crippen molar-refractivity contribution in [3.05, 3.63) is 59.2 Å². The predicted octanol–water partition coefficient (Wildman–Crippen LogP) is 2.84. The van der Waals surface area contributed by atoms with Gasteiger partial charge in [-0.25, -0.2) is 15.0 Å². The van der Waals surface area contributed by atoms with Crippen LogP contribution >= 0.6 is 0 Å². The fourth-order valence-corrected chi connectivity index (χ4v) is 2.45. The molecule has 0 unspecified atom stereocenters. The number of urea groups is 1. The molecule has 0 aromatic heterocycles. The number of nitrogens with zero attached hydrogens (tertiary/aromatic N) is 1. The summed E-state index contributed by atoms with van der Waals surface area (Å²) in [5, 5.41) is 4.00. The van der Waals surface area contributed by atoms with Crippen LogP contribution in [0.3, 0.4) is 0 Å². The highest BCUT2D eigenvalue weighted by Crippen LogP contribution is 2.29. The van der Waals surface area contributed by atoms with Gasteiger partial charge in [0.25, 0.3) is 0 Å². The van der Waals surface area contributed by atoms with E-state index in [1.165, 1.54) is 7.11 Å². The molecule has 148 valence electrons. The van der Waals surface area contributed by atoms with E-state index in [2.05, 4.69) is 15.3 Å². The van der Waals surface area contributed by atoms with Crippen molar-refractivity contribution in [2.24, 2.45) is 10.8 Å². The molecule has 0 saturated carbocycles. The highest BCUT2D eigenvalue weighted by molar-refractivity contribution is 6.01. The molecule has 2 aromatic carbocycles. The van der Waals surface area contributed by atoms with Crippen LogP contribution in [0.5, 0.6) is 11.5 Å². The van der Waals surface area contributed by atoms with Crippen LogP contribution in [0, 0.1) is 0 Å². The first-order chi connectivity index (χ1) is 13.5. The van der Waals surface area contributed by atoms with E-state index < -0.39 is 6.03 Å². The smallest absolute Gasteiger partial charge is 0.337 e. The second kappa shape index (κ2) is 9.96. The maximum atomic E-state index is 11.5. The van der Waals surface area contributed by atoms with Crippen molar-refractivity contribution >= 4 is 17.7 Å². The van der Waals surface area contributed by atoms with Gasteiger partial charge >= 0.3 is 12.0 Å². The third-order valence-corrected chi connectivity index (χ3v) is 3.90. The molecule has 0 radical (unpaired) electrons. The number of nitrogens with two attached hydrogens (primary N) is 1. The molecule has 0 atom stereocenters. The minimum atomic E-state index is -0.726. The highest BCUT2D eigenvalue weighted by Gasteiger charge is 2.10. The lowest BCUT2D eigenvalue weighted by Crippen LogP contribution is -2.25. The first-order valence-electron chi connectivity index (χ1n) is 8.59. The Balaban J connectivity index is 2.12. The number of amides is 2. The van der Waals surface area contributed by atoms with E-state index in [1.807, 2.05) is 13.0 Å². The molecule has 2 amide bonds. The van der Waals surface area contributed by atoms with Crippen LogP contribution in [0.4, 0.5) is 4.79 Å². The van der Waals surface area contributed by atoms with Crippen LogP contribution in [0.2, 0.25) is 0 Å². The van der Waals surface area contributed by atoms with E-state index in [0.29, 0.717) is 35.8 Å². The van der Waals surface area contributed by atoms with Gasteiger partial charge in [-0.1, -0.05) is 19.1 Å². The number of carbonyl (C=O) groups excluding carboxylic acids is 2. The summed E-state index contributed by atoms with van der Waals surface area (Å²) >= 11 is 0. The van der Waals surface area contributed by atoms with Gasteiger partial charge in [-0.3, -0.25) is 0 Å². The lowest BCUT2D eigenvalue weighted by Gasteiger charge is -2.13. The fraction of sp³-hybridized carbons (Fsp3) is 0.250. The zero-order valence-electron chi connectivity index (χ0n) is 16.0. The molecule has 0 saturated heterocycles. The number of ether oxygens (including phenoxy) is 3. The molecule has 2 rings (SSSR count). The molecule has 8 nitrogen and oxygen atoms in total. The number of hydrazone groups is 1. The maximum absolute atomic E-state index is 11.5. The number of methoxy groups -OCH3 is 2. The molecule has 0 aliphatic heterocycles. The van der Waals surface area contributed by atoms with E-state index in [1.54, 1.807) is 43.5 Å². The Labute approximate surface area is 163 Å². The number of hydrogen-bond acceptors (Lipinski definition) is 6. The van der Waals surface area contributed by atoms with Crippen molar-refractivity contribution < 1.29 is 23.8 Å². The van der Waals surface area contributed by atoms with Crippen LogP contribution in [0.15, 0.2) is 47.6 Å². The molecular weight excluding hydrogens is 362 g/mol. The third-order valence-electron chi connectivity index (χ3n) is 3.90. The van der Waals surface area contributed by atoms with Crippen molar-refractivity contribution in [1.29, 1.82) is 0 Å². The largest absolute Gasteiger partial charge is 0.493 e. The summed E-state index contributed by atoms with van der Waals surface area (Å²) in [4.78, 5) is 22.3. The summed E-state index contributed by atoms with van der Waals surface area (Å²) in [6.45, 7) is 2.21. The zero-order chi connectivity index (χ0) is 20.5. The molecule has 0 aliphatic rings. The summed E-state index contributed by atoms with van der Waals surface area (Å²) < 4.78 is 15.9. The monoisotopic (exact) mass is 385 g/mol. The van der Waals surface area contributed by atoms with Gasteiger partial charge in [-0.15, -0.1) is 0 Å². The number of nitrogens with one attached hydrogen (secondary N) is 1. The Morgan fingerprint density at radius 1 is 1.04 bits per heavy atom. The van der Waals surface area contributed by atoms with Crippen LogP contribution in [0.1, 0.15) is 34.8 Å². The number of hydrogen-bond donors (Lipinski definition) is 2. The molecule has 0 aliphatic carbocycles. The Hall–Kier alpha value is -3.55. The molecule has 0 heterocycles. The third kappa shape index (κ3) is 5.47. The topological polar surface area (TPSA) is 112 Å². The number of benzene rings is 2. The van der Waals surface area contributed by atoms with Crippen LogP contribution < -0.4 is 20.6 Å². The quantitative estimate of drug-likeness (QED) is 0.412. The van der Waals surface area contributed by atoms with Crippen LogP contribution in [-0.4, -0.2) is 31.9 Å². The summed E-state index contributed by atoms with van der Waals surface area (Å²) in [6, 6.07) is 11.6. The Bertz CT molecular complexity index is 863. The van der Waals surface area contributed by atoms with E-state index in [0.717, 1.165) is 11.1 Å². The molecule has 8 heteroatoms. The van der Waals surface area contributed by atoms with Crippen LogP contribution in [0.25, 0.3) is 0 Å². The van der Waals surface area contributed by atoms with E-state index in [-0.39, 0.29) is 5.97 Å². The average Bonchev–Trinajstić information content (AvgIpc) is 2.72. The second-order valence-corrected chi connectivity index (χ2v) is 5.73. The number of primary amides is 1. The number of carbonyl (C=O) groups is 2. The lowest BCUT2D eigenvalue weighted by molar-refractivity contribution is 0.0600. The highest BCUT2D eigenvalue weighted by atomic mass is 16.5. The lowest BCUT2D eigenvalue weighted by atomic mass is 10.1. The molecule has 0 spiro atoms. The van der Waals surface area contributed by atoms with Gasteiger partial charge in [0.05, 0.1) is 25.5 Å². The van der Waals surface area contributed by atoms with Gasteiger partial charge in [0.1, 0.15) is 6.61 Å². The van der Waals surface area contributed by atoms with E-state index in [4.69, 9.17) is 15.2 Å². The molecule has 28 heavy (non-hydrogen) atoms. The molecular formula is C20H23N3O5. The van der Waals surface area contributed by atoms with Crippen molar-refractivity contribution in [1.82, 2.24) is 5.43 Å². The standard InChI is InChI=1S/C20H23N3O5/c1-4-16(22-23-20(21)25)15-9-10-17(18(11-15)26-2)28-12-13-5-7-14(8-6-13)19(24)27-3/h5-11H,4,12H2,1-3H3,(H3,21,23,25)/b22-16+. The number of rotatable bonds is 8. The van der Waals surface area contributed by atoms with E-state index >= 15 is 0 Å². The van der Waals surface area contributed by atoms with Gasteiger partial charge in [0.15, 0.2) is 11.5 Å². The van der Waals surface area contributed by atoms with Crippen molar-refractivity contribution in [2.45, 2.75) is 20.0 Å². The fourth-order valence-electron chi connectivity index (χ4n) is 2.45. The minimum Gasteiger partial charge on any atom is -0.493 e. The van der Waals surface area contributed by atoms with Gasteiger partial charge in [-0.05, 0) is 42.3 Å². The Morgan fingerprint density at radius 2 is 1.71 bits per heavy atom. The normalized spacial score (nSPS) is 10.9.